The van der Waals surface area contributed by atoms with Gasteiger partial charge in [0, 0.05) is 29.5 Å². The van der Waals surface area contributed by atoms with Gasteiger partial charge in [-0.2, -0.15) is 5.10 Å². The van der Waals surface area contributed by atoms with Crippen LogP contribution >= 0.6 is 0 Å². The average Bonchev–Trinajstić information content (AvgIpc) is 2.78. The van der Waals surface area contributed by atoms with Gasteiger partial charge >= 0.3 is 0 Å². The third kappa shape index (κ3) is 2.96. The minimum Gasteiger partial charge on any atom is -0.342 e. The molecule has 0 atom stereocenters. The lowest BCUT2D eigenvalue weighted by atomic mass is 9.79. The van der Waals surface area contributed by atoms with E-state index in [0.29, 0.717) is 6.42 Å². The SMILES string of the molecule is Cc1[nH]nc(NC2=CC(=O)CC(C)(C)C2)c1-c1ccccc1. The van der Waals surface area contributed by atoms with E-state index in [-0.39, 0.29) is 11.2 Å². The smallest absolute Gasteiger partial charge is 0.160 e. The fourth-order valence-electron chi connectivity index (χ4n) is 3.06. The van der Waals surface area contributed by atoms with Crippen LogP contribution in [0.2, 0.25) is 0 Å². The summed E-state index contributed by atoms with van der Waals surface area (Å²) in [6, 6.07) is 10.1. The van der Waals surface area contributed by atoms with Gasteiger partial charge in [-0.25, -0.2) is 0 Å². The Hall–Kier alpha value is -2.36. The molecule has 1 aromatic heterocycles. The van der Waals surface area contributed by atoms with Crippen molar-refractivity contribution in [2.75, 3.05) is 5.32 Å². The van der Waals surface area contributed by atoms with Crippen molar-refractivity contribution in [2.24, 2.45) is 5.41 Å². The Morgan fingerprint density at radius 1 is 1.18 bits per heavy atom. The average molecular weight is 295 g/mol. The number of anilines is 1. The molecule has 0 aliphatic heterocycles. The predicted molar refractivity (Wildman–Crippen MR) is 88.5 cm³/mol. The van der Waals surface area contributed by atoms with Gasteiger partial charge < -0.3 is 5.32 Å². The number of carbonyl (C=O) groups is 1. The number of nitrogens with one attached hydrogen (secondary N) is 2. The Morgan fingerprint density at radius 2 is 1.91 bits per heavy atom. The topological polar surface area (TPSA) is 57.8 Å². The highest BCUT2D eigenvalue weighted by Crippen LogP contribution is 2.36. The minimum absolute atomic E-state index is 0.00751. The molecule has 1 aromatic carbocycles. The maximum absolute atomic E-state index is 11.9. The molecule has 0 unspecified atom stereocenters. The number of rotatable bonds is 3. The van der Waals surface area contributed by atoms with Crippen LogP contribution in [-0.4, -0.2) is 16.0 Å². The van der Waals surface area contributed by atoms with Gasteiger partial charge in [0.25, 0.3) is 0 Å². The summed E-state index contributed by atoms with van der Waals surface area (Å²) in [7, 11) is 0. The second-order valence-electron chi connectivity index (χ2n) is 6.72. The molecule has 0 saturated carbocycles. The summed E-state index contributed by atoms with van der Waals surface area (Å²) < 4.78 is 0. The predicted octanol–water partition coefficient (Wildman–Crippen LogP) is 4.07. The van der Waals surface area contributed by atoms with Crippen LogP contribution in [-0.2, 0) is 4.79 Å². The molecule has 0 radical (unpaired) electrons. The fraction of sp³-hybridized carbons (Fsp3) is 0.333. The maximum Gasteiger partial charge on any atom is 0.160 e. The van der Waals surface area contributed by atoms with Crippen LogP contribution in [0.15, 0.2) is 42.1 Å². The number of carbonyl (C=O) groups excluding carboxylic acids is 1. The molecule has 114 valence electrons. The molecule has 0 saturated heterocycles. The van der Waals surface area contributed by atoms with Gasteiger partial charge in [-0.1, -0.05) is 44.2 Å². The van der Waals surface area contributed by atoms with E-state index in [1.54, 1.807) is 6.08 Å². The van der Waals surface area contributed by atoms with Crippen molar-refractivity contribution in [3.05, 3.63) is 47.8 Å². The highest BCUT2D eigenvalue weighted by Gasteiger charge is 2.28. The Kier molecular flexibility index (Phi) is 3.61. The van der Waals surface area contributed by atoms with E-state index in [2.05, 4.69) is 41.5 Å². The summed E-state index contributed by atoms with van der Waals surface area (Å²) >= 11 is 0. The van der Waals surface area contributed by atoms with Crippen molar-refractivity contribution in [2.45, 2.75) is 33.6 Å². The van der Waals surface area contributed by atoms with E-state index >= 15 is 0 Å². The van der Waals surface area contributed by atoms with E-state index in [9.17, 15) is 4.79 Å². The first-order chi connectivity index (χ1) is 10.4. The Bertz CT molecular complexity index is 726. The lowest BCUT2D eigenvalue weighted by molar-refractivity contribution is -0.117. The molecule has 22 heavy (non-hydrogen) atoms. The third-order valence-corrected chi connectivity index (χ3v) is 3.95. The molecule has 2 N–H and O–H groups in total. The molecule has 0 spiro atoms. The number of aryl methyl sites for hydroxylation is 1. The molecule has 1 aliphatic carbocycles. The van der Waals surface area contributed by atoms with Crippen LogP contribution < -0.4 is 5.32 Å². The lowest BCUT2D eigenvalue weighted by Gasteiger charge is -2.29. The molecular formula is C18H21N3O. The molecule has 0 fully saturated rings. The monoisotopic (exact) mass is 295 g/mol. The van der Waals surface area contributed by atoms with Crippen molar-refractivity contribution in [1.29, 1.82) is 0 Å². The summed E-state index contributed by atoms with van der Waals surface area (Å²) in [5.41, 5.74) is 4.10. The number of nitrogens with zero attached hydrogens (tertiary/aromatic N) is 1. The highest BCUT2D eigenvalue weighted by molar-refractivity contribution is 5.92. The van der Waals surface area contributed by atoms with Gasteiger partial charge in [0.2, 0.25) is 0 Å². The second kappa shape index (κ2) is 5.44. The van der Waals surface area contributed by atoms with Crippen molar-refractivity contribution in [3.8, 4) is 11.1 Å². The molecule has 1 heterocycles. The number of ketones is 1. The van der Waals surface area contributed by atoms with Crippen LogP contribution in [0.4, 0.5) is 5.82 Å². The van der Waals surface area contributed by atoms with Crippen molar-refractivity contribution in [3.63, 3.8) is 0 Å². The van der Waals surface area contributed by atoms with Crippen LogP contribution in [0.25, 0.3) is 11.1 Å². The fourth-order valence-corrected chi connectivity index (χ4v) is 3.06. The second-order valence-corrected chi connectivity index (χ2v) is 6.72. The number of allylic oxidation sites excluding steroid dienone is 2. The van der Waals surface area contributed by atoms with Crippen LogP contribution in [0, 0.1) is 12.3 Å². The molecule has 4 heteroatoms. The lowest BCUT2D eigenvalue weighted by Crippen LogP contribution is -2.24. The van der Waals surface area contributed by atoms with E-state index in [1.165, 1.54) is 0 Å². The first-order valence-corrected chi connectivity index (χ1v) is 7.55. The molecule has 2 aromatic rings. The summed E-state index contributed by atoms with van der Waals surface area (Å²) in [4.78, 5) is 11.9. The molecule has 3 rings (SSSR count). The molecule has 0 bridgehead atoms. The van der Waals surface area contributed by atoms with E-state index < -0.39 is 0 Å². The van der Waals surface area contributed by atoms with Crippen molar-refractivity contribution < 1.29 is 4.79 Å². The number of hydrogen-bond donors (Lipinski definition) is 2. The van der Waals surface area contributed by atoms with Gasteiger partial charge in [0.05, 0.1) is 0 Å². The molecule has 0 amide bonds. The zero-order valence-electron chi connectivity index (χ0n) is 13.2. The summed E-state index contributed by atoms with van der Waals surface area (Å²) in [5, 5.41) is 10.8. The Morgan fingerprint density at radius 3 is 2.59 bits per heavy atom. The first-order valence-electron chi connectivity index (χ1n) is 7.55. The van der Waals surface area contributed by atoms with Crippen molar-refractivity contribution >= 4 is 11.6 Å². The number of hydrogen-bond acceptors (Lipinski definition) is 3. The zero-order chi connectivity index (χ0) is 15.7. The Labute approximate surface area is 130 Å². The normalized spacial score (nSPS) is 17.2. The maximum atomic E-state index is 11.9. The zero-order valence-corrected chi connectivity index (χ0v) is 13.2. The molecular weight excluding hydrogens is 274 g/mol. The number of aromatic amines is 1. The summed E-state index contributed by atoms with van der Waals surface area (Å²) in [5.74, 6) is 0.952. The van der Waals surface area contributed by atoms with Gasteiger partial charge in [-0.3, -0.25) is 9.89 Å². The Balaban J connectivity index is 1.93. The van der Waals surface area contributed by atoms with Gasteiger partial charge in [0.15, 0.2) is 11.6 Å². The van der Waals surface area contributed by atoms with Gasteiger partial charge in [-0.15, -0.1) is 0 Å². The van der Waals surface area contributed by atoms with Gasteiger partial charge in [-0.05, 0) is 24.3 Å². The van der Waals surface area contributed by atoms with Crippen molar-refractivity contribution in [1.82, 2.24) is 10.2 Å². The van der Waals surface area contributed by atoms with Crippen LogP contribution in [0.5, 0.6) is 0 Å². The minimum atomic E-state index is -0.00751. The van der Waals surface area contributed by atoms with Gasteiger partial charge in [0.1, 0.15) is 0 Å². The first kappa shape index (κ1) is 14.6. The molecule has 1 aliphatic rings. The quantitative estimate of drug-likeness (QED) is 0.897. The van der Waals surface area contributed by atoms with E-state index in [4.69, 9.17) is 0 Å². The van der Waals surface area contributed by atoms with E-state index in [0.717, 1.165) is 34.8 Å². The standard InChI is InChI=1S/C18H21N3O/c1-12-16(13-7-5-4-6-8-13)17(21-20-12)19-14-9-15(22)11-18(2,3)10-14/h4-9H,10-11H2,1-3H3,(H2,19,20,21). The number of aromatic nitrogens is 2. The van der Waals surface area contributed by atoms with Crippen LogP contribution in [0.3, 0.4) is 0 Å². The summed E-state index contributed by atoms with van der Waals surface area (Å²) in [6.45, 7) is 6.24. The third-order valence-electron chi connectivity index (χ3n) is 3.95. The summed E-state index contributed by atoms with van der Waals surface area (Å²) in [6.07, 6.45) is 3.16. The van der Waals surface area contributed by atoms with Crippen LogP contribution in [0.1, 0.15) is 32.4 Å². The number of H-pyrrole nitrogens is 1. The van der Waals surface area contributed by atoms with E-state index in [1.807, 2.05) is 25.1 Å². The highest BCUT2D eigenvalue weighted by atomic mass is 16.1. The largest absolute Gasteiger partial charge is 0.342 e. The molecule has 4 nitrogen and oxygen atoms in total. The number of benzene rings is 1.